The van der Waals surface area contributed by atoms with Gasteiger partial charge in [-0.2, -0.15) is 14.9 Å². The summed E-state index contributed by atoms with van der Waals surface area (Å²) in [5.74, 6) is 2.26. The first kappa shape index (κ1) is 19.2. The van der Waals surface area contributed by atoms with E-state index in [0.717, 1.165) is 22.6 Å². The average Bonchev–Trinajstić information content (AvgIpc) is 3.23. The predicted molar refractivity (Wildman–Crippen MR) is 111 cm³/mol. The molecule has 2 aromatic carbocycles. The monoisotopic (exact) mass is 400 g/mol. The van der Waals surface area contributed by atoms with E-state index >= 15 is 0 Å². The summed E-state index contributed by atoms with van der Waals surface area (Å²) in [5.41, 5.74) is 3.08. The van der Waals surface area contributed by atoms with Gasteiger partial charge in [-0.05, 0) is 35.4 Å². The molecule has 0 aliphatic carbocycles. The highest BCUT2D eigenvalue weighted by Crippen LogP contribution is 2.24. The third-order valence-corrected chi connectivity index (χ3v) is 4.76. The van der Waals surface area contributed by atoms with Gasteiger partial charge >= 0.3 is 0 Å². The van der Waals surface area contributed by atoms with E-state index in [1.165, 1.54) is 17.0 Å². The van der Waals surface area contributed by atoms with Gasteiger partial charge in [-0.25, -0.2) is 9.97 Å². The summed E-state index contributed by atoms with van der Waals surface area (Å²) in [6.07, 6.45) is 2.95. The molecule has 0 aliphatic rings. The van der Waals surface area contributed by atoms with Crippen molar-refractivity contribution in [2.45, 2.75) is 13.1 Å². The van der Waals surface area contributed by atoms with Crippen LogP contribution in [0.3, 0.4) is 0 Å². The zero-order chi connectivity index (χ0) is 20.9. The molecule has 0 unspecified atom stereocenters. The Hall–Kier alpha value is -4.12. The van der Waals surface area contributed by atoms with Crippen molar-refractivity contribution in [3.8, 4) is 17.6 Å². The van der Waals surface area contributed by atoms with E-state index in [1.54, 1.807) is 14.2 Å². The van der Waals surface area contributed by atoms with Crippen LogP contribution in [-0.2, 0) is 13.1 Å². The van der Waals surface area contributed by atoms with Gasteiger partial charge in [-0.1, -0.05) is 24.3 Å². The van der Waals surface area contributed by atoms with Gasteiger partial charge in [0.1, 0.15) is 23.9 Å². The average molecular weight is 400 g/mol. The lowest BCUT2D eigenvalue weighted by Gasteiger charge is -2.24. The van der Waals surface area contributed by atoms with E-state index < -0.39 is 0 Å². The largest absolute Gasteiger partial charge is 0.497 e. The van der Waals surface area contributed by atoms with Crippen molar-refractivity contribution in [3.63, 3.8) is 0 Å². The van der Waals surface area contributed by atoms with Gasteiger partial charge in [-0.3, -0.25) is 0 Å². The molecule has 0 radical (unpaired) electrons. The zero-order valence-corrected chi connectivity index (χ0v) is 16.7. The number of aromatic nitrogens is 4. The first-order chi connectivity index (χ1) is 14.7. The number of fused-ring (bicyclic) bond motifs is 1. The summed E-state index contributed by atoms with van der Waals surface area (Å²) in [6.45, 7) is 1.19. The smallest absolute Gasteiger partial charge is 0.198 e. The number of ether oxygens (including phenoxy) is 2. The van der Waals surface area contributed by atoms with Crippen LogP contribution in [0.15, 0.2) is 61.1 Å². The number of nitriles is 1. The Kier molecular flexibility index (Phi) is 5.44. The van der Waals surface area contributed by atoms with Crippen LogP contribution in [0, 0.1) is 11.3 Å². The van der Waals surface area contributed by atoms with E-state index in [-0.39, 0.29) is 0 Å². The quantitative estimate of drug-likeness (QED) is 0.471. The van der Waals surface area contributed by atoms with Crippen LogP contribution in [0.1, 0.15) is 16.8 Å². The van der Waals surface area contributed by atoms with E-state index in [9.17, 15) is 5.26 Å². The maximum atomic E-state index is 9.31. The molecule has 4 rings (SSSR count). The van der Waals surface area contributed by atoms with Crippen molar-refractivity contribution in [2.24, 2.45) is 0 Å². The van der Waals surface area contributed by atoms with Gasteiger partial charge in [0, 0.05) is 13.1 Å². The normalized spacial score (nSPS) is 10.6. The minimum absolute atomic E-state index is 0.363. The van der Waals surface area contributed by atoms with Gasteiger partial charge in [0.2, 0.25) is 0 Å². The van der Waals surface area contributed by atoms with Crippen LogP contribution in [0.2, 0.25) is 0 Å². The minimum atomic E-state index is 0.363. The fourth-order valence-corrected chi connectivity index (χ4v) is 3.21. The molecule has 150 valence electrons. The number of rotatable bonds is 7. The van der Waals surface area contributed by atoms with Crippen LogP contribution >= 0.6 is 0 Å². The van der Waals surface area contributed by atoms with Gasteiger partial charge in [0.25, 0.3) is 0 Å². The Balaban J connectivity index is 1.72. The molecular weight excluding hydrogens is 380 g/mol. The van der Waals surface area contributed by atoms with E-state index in [1.807, 2.05) is 48.5 Å². The fraction of sp³-hybridized carbons (Fsp3) is 0.182. The number of nitrogens with zero attached hydrogens (tertiary/aromatic N) is 6. The van der Waals surface area contributed by atoms with Gasteiger partial charge in [-0.15, -0.1) is 0 Å². The Morgan fingerprint density at radius 2 is 1.47 bits per heavy atom. The first-order valence-corrected chi connectivity index (χ1v) is 9.31. The van der Waals surface area contributed by atoms with Crippen LogP contribution in [0.25, 0.3) is 5.65 Å². The molecule has 0 fully saturated rings. The number of hydrogen-bond donors (Lipinski definition) is 0. The number of methoxy groups -OCH3 is 2. The van der Waals surface area contributed by atoms with Gasteiger partial charge in [0.05, 0.1) is 20.4 Å². The molecule has 0 atom stereocenters. The summed E-state index contributed by atoms with van der Waals surface area (Å²) in [7, 11) is 3.29. The molecule has 4 aromatic rings. The van der Waals surface area contributed by atoms with Crippen molar-refractivity contribution in [3.05, 3.63) is 77.9 Å². The molecule has 30 heavy (non-hydrogen) atoms. The number of hydrogen-bond acceptors (Lipinski definition) is 7. The van der Waals surface area contributed by atoms with Crippen LogP contribution in [-0.4, -0.2) is 33.8 Å². The van der Waals surface area contributed by atoms with Crippen molar-refractivity contribution < 1.29 is 9.47 Å². The molecule has 2 aromatic heterocycles. The lowest BCUT2D eigenvalue weighted by molar-refractivity contribution is 0.414. The molecule has 2 heterocycles. The molecule has 0 amide bonds. The van der Waals surface area contributed by atoms with Crippen molar-refractivity contribution >= 4 is 11.5 Å². The first-order valence-electron chi connectivity index (χ1n) is 9.31. The summed E-state index contributed by atoms with van der Waals surface area (Å²) in [4.78, 5) is 11.0. The van der Waals surface area contributed by atoms with Crippen LogP contribution in [0.4, 0.5) is 5.82 Å². The Labute approximate surface area is 173 Å². The maximum Gasteiger partial charge on any atom is 0.198 e. The van der Waals surface area contributed by atoms with Crippen LogP contribution < -0.4 is 14.4 Å². The van der Waals surface area contributed by atoms with E-state index in [2.05, 4.69) is 26.0 Å². The second-order valence-corrected chi connectivity index (χ2v) is 6.63. The molecule has 0 saturated carbocycles. The van der Waals surface area contributed by atoms with Crippen LogP contribution in [0.5, 0.6) is 11.5 Å². The molecule has 0 bridgehead atoms. The number of imidazole rings is 1. The third kappa shape index (κ3) is 3.86. The van der Waals surface area contributed by atoms with E-state index in [0.29, 0.717) is 30.2 Å². The summed E-state index contributed by atoms with van der Waals surface area (Å²) < 4.78 is 12.0. The lowest BCUT2D eigenvalue weighted by atomic mass is 10.1. The Morgan fingerprint density at radius 3 is 1.97 bits per heavy atom. The highest BCUT2D eigenvalue weighted by atomic mass is 16.5. The highest BCUT2D eigenvalue weighted by molar-refractivity contribution is 5.65. The predicted octanol–water partition coefficient (Wildman–Crippen LogP) is 3.22. The second kappa shape index (κ2) is 8.49. The molecule has 8 nitrogen and oxygen atoms in total. The fourth-order valence-electron chi connectivity index (χ4n) is 3.21. The maximum absolute atomic E-state index is 9.31. The number of anilines is 1. The summed E-state index contributed by atoms with van der Waals surface area (Å²) in [6, 6.07) is 17.9. The zero-order valence-electron chi connectivity index (χ0n) is 16.7. The third-order valence-electron chi connectivity index (χ3n) is 4.76. The number of benzene rings is 2. The molecule has 0 spiro atoms. The molecule has 0 N–H and O–H groups in total. The van der Waals surface area contributed by atoms with Gasteiger partial charge in [0.15, 0.2) is 17.2 Å². The second-order valence-electron chi connectivity index (χ2n) is 6.63. The lowest BCUT2D eigenvalue weighted by Crippen LogP contribution is -2.24. The molecule has 0 saturated heterocycles. The highest BCUT2D eigenvalue weighted by Gasteiger charge is 2.17. The van der Waals surface area contributed by atoms with E-state index in [4.69, 9.17) is 9.47 Å². The Morgan fingerprint density at radius 1 is 0.900 bits per heavy atom. The van der Waals surface area contributed by atoms with Crippen molar-refractivity contribution in [2.75, 3.05) is 19.1 Å². The summed E-state index contributed by atoms with van der Waals surface area (Å²) in [5, 5.41) is 13.5. The molecular formula is C22H20N6O2. The van der Waals surface area contributed by atoms with Crippen molar-refractivity contribution in [1.82, 2.24) is 19.6 Å². The van der Waals surface area contributed by atoms with Crippen molar-refractivity contribution in [1.29, 1.82) is 5.26 Å². The Bertz CT molecular complexity index is 1130. The molecule has 8 heteroatoms. The topological polar surface area (TPSA) is 88.6 Å². The SMILES string of the molecule is COc1ccc(CN(Cc2ccc(OC)cc2)c2ncnn3c(C#N)cnc23)cc1. The summed E-state index contributed by atoms with van der Waals surface area (Å²) >= 11 is 0. The molecule has 0 aliphatic heterocycles. The van der Waals surface area contributed by atoms with Gasteiger partial charge < -0.3 is 14.4 Å². The standard InChI is InChI=1S/C22H20N6O2/c1-29-19-7-3-16(4-8-19)13-27(14-17-5-9-20(30-2)10-6-17)21-22-24-12-18(11-23)28(22)26-15-25-21/h3-10,12,15H,13-14H2,1-2H3. The minimum Gasteiger partial charge on any atom is -0.497 e.